The van der Waals surface area contributed by atoms with Gasteiger partial charge in [0.2, 0.25) is 11.8 Å². The van der Waals surface area contributed by atoms with Gasteiger partial charge in [-0.25, -0.2) is 4.79 Å². The average molecular weight is 506 g/mol. The van der Waals surface area contributed by atoms with Crippen molar-refractivity contribution in [1.82, 2.24) is 14.7 Å². The van der Waals surface area contributed by atoms with Crippen LogP contribution in [0.25, 0.3) is 0 Å². The Labute approximate surface area is 198 Å². The highest BCUT2D eigenvalue weighted by Gasteiger charge is 2.43. The van der Waals surface area contributed by atoms with E-state index in [4.69, 9.17) is 4.74 Å². The molecule has 3 unspecified atom stereocenters. The first kappa shape index (κ1) is 23.1. The van der Waals surface area contributed by atoms with Gasteiger partial charge in [-0.05, 0) is 57.1 Å². The number of rotatable bonds is 3. The van der Waals surface area contributed by atoms with Crippen LogP contribution < -0.4 is 0 Å². The normalized spacial score (nSPS) is 25.8. The fourth-order valence-corrected chi connectivity index (χ4v) is 5.56. The third-order valence-electron chi connectivity index (χ3n) is 6.46. The lowest BCUT2D eigenvalue weighted by atomic mass is 9.84. The van der Waals surface area contributed by atoms with Crippen LogP contribution in [0.3, 0.4) is 0 Å². The van der Waals surface area contributed by atoms with Gasteiger partial charge >= 0.3 is 6.09 Å². The van der Waals surface area contributed by atoms with Gasteiger partial charge < -0.3 is 19.4 Å². The van der Waals surface area contributed by atoms with E-state index in [0.29, 0.717) is 45.6 Å². The second kappa shape index (κ2) is 9.04. The van der Waals surface area contributed by atoms with E-state index in [-0.39, 0.29) is 29.7 Å². The van der Waals surface area contributed by atoms with Crippen molar-refractivity contribution in [3.05, 3.63) is 34.3 Å². The zero-order valence-electron chi connectivity index (χ0n) is 19.1. The molecule has 0 aromatic heterocycles. The standard InChI is InChI=1S/C24H32BrN3O4/c1-24(2,3)32-23(31)27-13-16-10-17(14-27)12-26(11-16)22(30)20-8-9-21(29)28(20)15-18-6-4-5-7-19(18)25/h4-7,16-17,20H,8-15H2,1-3H3. The zero-order chi connectivity index (χ0) is 23.0. The highest BCUT2D eigenvalue weighted by molar-refractivity contribution is 9.10. The molecule has 3 atom stereocenters. The molecule has 0 aliphatic carbocycles. The number of likely N-dealkylation sites (tertiary alicyclic amines) is 3. The molecule has 8 heteroatoms. The number of halogens is 1. The minimum absolute atomic E-state index is 0.0346. The second-order valence-electron chi connectivity index (χ2n) is 10.3. The van der Waals surface area contributed by atoms with Gasteiger partial charge in [0.05, 0.1) is 0 Å². The molecule has 3 saturated heterocycles. The third kappa shape index (κ3) is 5.11. The average Bonchev–Trinajstić information content (AvgIpc) is 3.07. The topological polar surface area (TPSA) is 70.2 Å². The number of ether oxygens (including phenoxy) is 1. The van der Waals surface area contributed by atoms with Crippen molar-refractivity contribution < 1.29 is 19.1 Å². The number of fused-ring (bicyclic) bond motifs is 2. The van der Waals surface area contributed by atoms with Gasteiger partial charge in [-0.15, -0.1) is 0 Å². The van der Waals surface area contributed by atoms with Crippen LogP contribution in [0.2, 0.25) is 0 Å². The van der Waals surface area contributed by atoms with Crippen LogP contribution in [0.4, 0.5) is 4.79 Å². The molecular weight excluding hydrogens is 474 g/mol. The lowest BCUT2D eigenvalue weighted by molar-refractivity contribution is -0.145. The SMILES string of the molecule is CC(C)(C)OC(=O)N1CC2CC(C1)CN(C(=O)C1CCC(=O)N1Cc1ccccc1Br)C2. The summed E-state index contributed by atoms with van der Waals surface area (Å²) in [6.07, 6.45) is 1.73. The molecular formula is C24H32BrN3O4. The van der Waals surface area contributed by atoms with Gasteiger partial charge in [-0.3, -0.25) is 9.59 Å². The summed E-state index contributed by atoms with van der Waals surface area (Å²) in [6, 6.07) is 7.41. The van der Waals surface area contributed by atoms with Crippen LogP contribution in [-0.4, -0.2) is 70.4 Å². The fourth-order valence-electron chi connectivity index (χ4n) is 5.15. The summed E-state index contributed by atoms with van der Waals surface area (Å²) in [5.74, 6) is 0.566. The molecule has 7 nitrogen and oxygen atoms in total. The number of carbonyl (C=O) groups is 3. The van der Waals surface area contributed by atoms with E-state index in [0.717, 1.165) is 16.5 Å². The summed E-state index contributed by atoms with van der Waals surface area (Å²) < 4.78 is 6.49. The molecule has 1 aromatic rings. The Morgan fingerprint density at radius 1 is 1.06 bits per heavy atom. The van der Waals surface area contributed by atoms with Gasteiger partial charge in [-0.2, -0.15) is 0 Å². The third-order valence-corrected chi connectivity index (χ3v) is 7.23. The van der Waals surface area contributed by atoms with Gasteiger partial charge in [0.1, 0.15) is 11.6 Å². The Kier molecular flexibility index (Phi) is 6.52. The van der Waals surface area contributed by atoms with E-state index in [9.17, 15) is 14.4 Å². The van der Waals surface area contributed by atoms with Crippen LogP contribution in [0.5, 0.6) is 0 Å². The molecule has 174 valence electrons. The predicted molar refractivity (Wildman–Crippen MR) is 124 cm³/mol. The minimum Gasteiger partial charge on any atom is -0.444 e. The van der Waals surface area contributed by atoms with E-state index in [1.165, 1.54) is 0 Å². The lowest BCUT2D eigenvalue weighted by Crippen LogP contribution is -2.58. The fraction of sp³-hybridized carbons (Fsp3) is 0.625. The Morgan fingerprint density at radius 3 is 2.31 bits per heavy atom. The lowest BCUT2D eigenvalue weighted by Gasteiger charge is -2.46. The maximum atomic E-state index is 13.5. The molecule has 2 bridgehead atoms. The quantitative estimate of drug-likeness (QED) is 0.628. The van der Waals surface area contributed by atoms with Crippen molar-refractivity contribution in [2.75, 3.05) is 26.2 Å². The Hall–Kier alpha value is -2.09. The summed E-state index contributed by atoms with van der Waals surface area (Å²) >= 11 is 3.55. The monoisotopic (exact) mass is 505 g/mol. The van der Waals surface area contributed by atoms with Crippen LogP contribution in [-0.2, 0) is 20.9 Å². The summed E-state index contributed by atoms with van der Waals surface area (Å²) in [5.41, 5.74) is 0.488. The first-order chi connectivity index (χ1) is 15.1. The van der Waals surface area contributed by atoms with E-state index >= 15 is 0 Å². The van der Waals surface area contributed by atoms with Gasteiger partial charge in [-0.1, -0.05) is 34.1 Å². The molecule has 3 aliphatic rings. The van der Waals surface area contributed by atoms with E-state index in [1.54, 1.807) is 9.80 Å². The van der Waals surface area contributed by atoms with E-state index in [1.807, 2.05) is 49.9 Å². The van der Waals surface area contributed by atoms with Gasteiger partial charge in [0.25, 0.3) is 0 Å². The number of nitrogens with zero attached hydrogens (tertiary/aromatic N) is 3. The maximum Gasteiger partial charge on any atom is 0.410 e. The van der Waals surface area contributed by atoms with Crippen LogP contribution in [0.15, 0.2) is 28.7 Å². The largest absolute Gasteiger partial charge is 0.444 e. The molecule has 0 saturated carbocycles. The molecule has 3 amide bonds. The molecule has 32 heavy (non-hydrogen) atoms. The summed E-state index contributed by atoms with van der Waals surface area (Å²) in [6.45, 7) is 8.53. The number of carbonyl (C=O) groups excluding carboxylic acids is 3. The molecule has 4 rings (SSSR count). The summed E-state index contributed by atoms with van der Waals surface area (Å²) in [5, 5.41) is 0. The first-order valence-electron chi connectivity index (χ1n) is 11.4. The van der Waals surface area contributed by atoms with Gasteiger partial charge in [0, 0.05) is 43.6 Å². The highest BCUT2D eigenvalue weighted by atomic mass is 79.9. The molecule has 3 heterocycles. The van der Waals surface area contributed by atoms with Crippen LogP contribution in [0, 0.1) is 11.8 Å². The van der Waals surface area contributed by atoms with Crippen molar-refractivity contribution in [2.45, 2.75) is 58.2 Å². The van der Waals surface area contributed by atoms with Crippen LogP contribution in [0.1, 0.15) is 45.6 Å². The Morgan fingerprint density at radius 2 is 1.69 bits per heavy atom. The van der Waals surface area contributed by atoms with Crippen LogP contribution >= 0.6 is 15.9 Å². The maximum absolute atomic E-state index is 13.5. The van der Waals surface area contributed by atoms with Crippen molar-refractivity contribution >= 4 is 33.8 Å². The zero-order valence-corrected chi connectivity index (χ0v) is 20.6. The molecule has 1 aromatic carbocycles. The summed E-state index contributed by atoms with van der Waals surface area (Å²) in [4.78, 5) is 44.1. The number of hydrogen-bond acceptors (Lipinski definition) is 4. The number of benzene rings is 1. The van der Waals surface area contributed by atoms with E-state index < -0.39 is 11.6 Å². The smallest absolute Gasteiger partial charge is 0.410 e. The Bertz CT molecular complexity index is 885. The van der Waals surface area contributed by atoms with Crippen molar-refractivity contribution in [2.24, 2.45) is 11.8 Å². The van der Waals surface area contributed by atoms with E-state index in [2.05, 4.69) is 15.9 Å². The molecule has 0 spiro atoms. The van der Waals surface area contributed by atoms with Crippen molar-refractivity contribution in [3.8, 4) is 0 Å². The van der Waals surface area contributed by atoms with Crippen molar-refractivity contribution in [1.29, 1.82) is 0 Å². The van der Waals surface area contributed by atoms with Crippen molar-refractivity contribution in [3.63, 3.8) is 0 Å². The number of piperidine rings is 2. The number of hydrogen-bond donors (Lipinski definition) is 0. The van der Waals surface area contributed by atoms with Gasteiger partial charge in [0.15, 0.2) is 0 Å². The molecule has 3 aliphatic heterocycles. The Balaban J connectivity index is 1.41. The molecule has 3 fully saturated rings. The minimum atomic E-state index is -0.516. The first-order valence-corrected chi connectivity index (χ1v) is 12.2. The number of amides is 3. The molecule has 0 N–H and O–H groups in total. The summed E-state index contributed by atoms with van der Waals surface area (Å²) in [7, 11) is 0. The predicted octanol–water partition coefficient (Wildman–Crippen LogP) is 3.66. The molecule has 0 radical (unpaired) electrons. The second-order valence-corrected chi connectivity index (χ2v) is 11.1. The highest BCUT2D eigenvalue weighted by Crippen LogP contribution is 2.32.